The van der Waals surface area contributed by atoms with Crippen LogP contribution in [-0.4, -0.2) is 41.3 Å². The van der Waals surface area contributed by atoms with Gasteiger partial charge >= 0.3 is 0 Å². The van der Waals surface area contributed by atoms with E-state index in [1.807, 2.05) is 0 Å². The molecule has 5 heteroatoms. The Labute approximate surface area is 101 Å². The molecule has 0 radical (unpaired) electrons. The standard InChI is InChI=1S/C11H24N2O2S/c1-10(2)12-7-4-6-11(14)13-8-5-9-16(3)15/h10,12H,4-9H2,1-3H3,(H,13,14). The van der Waals surface area contributed by atoms with E-state index in [-0.39, 0.29) is 5.91 Å². The minimum atomic E-state index is -0.754. The Morgan fingerprint density at radius 3 is 2.50 bits per heavy atom. The molecule has 0 aliphatic rings. The molecule has 1 amide bonds. The minimum absolute atomic E-state index is 0.0902. The lowest BCUT2D eigenvalue weighted by molar-refractivity contribution is -0.121. The highest BCUT2D eigenvalue weighted by Crippen LogP contribution is 1.89. The van der Waals surface area contributed by atoms with Crippen molar-refractivity contribution >= 4 is 16.7 Å². The lowest BCUT2D eigenvalue weighted by Gasteiger charge is -2.08. The predicted octanol–water partition coefficient (Wildman–Crippen LogP) is 0.649. The summed E-state index contributed by atoms with van der Waals surface area (Å²) < 4.78 is 10.8. The van der Waals surface area contributed by atoms with Gasteiger partial charge in [-0.05, 0) is 19.4 Å². The number of hydrogen-bond donors (Lipinski definition) is 2. The second-order valence-electron chi connectivity index (χ2n) is 4.19. The summed E-state index contributed by atoms with van der Waals surface area (Å²) in [6, 6.07) is 0.475. The molecule has 0 saturated heterocycles. The van der Waals surface area contributed by atoms with Crippen LogP contribution >= 0.6 is 0 Å². The van der Waals surface area contributed by atoms with E-state index in [4.69, 9.17) is 0 Å². The SMILES string of the molecule is CC(C)NCCCC(=O)NCCCS(C)=O. The normalized spacial score (nSPS) is 12.8. The van der Waals surface area contributed by atoms with Gasteiger partial charge in [-0.3, -0.25) is 9.00 Å². The largest absolute Gasteiger partial charge is 0.356 e. The predicted molar refractivity (Wildman–Crippen MR) is 68.9 cm³/mol. The van der Waals surface area contributed by atoms with Crippen LogP contribution in [0.4, 0.5) is 0 Å². The van der Waals surface area contributed by atoms with Gasteiger partial charge in [-0.25, -0.2) is 0 Å². The van der Waals surface area contributed by atoms with Crippen molar-refractivity contribution in [1.29, 1.82) is 0 Å². The molecule has 0 aliphatic heterocycles. The Bertz CT molecular complexity index is 220. The Morgan fingerprint density at radius 1 is 1.25 bits per heavy atom. The molecule has 0 saturated carbocycles. The van der Waals surface area contributed by atoms with Crippen LogP contribution in [0.25, 0.3) is 0 Å². The van der Waals surface area contributed by atoms with Gasteiger partial charge in [0.05, 0.1) is 0 Å². The van der Waals surface area contributed by atoms with E-state index < -0.39 is 10.8 Å². The van der Waals surface area contributed by atoms with Crippen molar-refractivity contribution in [3.8, 4) is 0 Å². The van der Waals surface area contributed by atoms with Crippen molar-refractivity contribution < 1.29 is 9.00 Å². The van der Waals surface area contributed by atoms with E-state index in [9.17, 15) is 9.00 Å². The molecule has 0 spiro atoms. The lowest BCUT2D eigenvalue weighted by atomic mass is 10.2. The van der Waals surface area contributed by atoms with Crippen LogP contribution in [0, 0.1) is 0 Å². The van der Waals surface area contributed by atoms with Crippen LogP contribution in [0.3, 0.4) is 0 Å². The second-order valence-corrected chi connectivity index (χ2v) is 5.75. The number of carbonyl (C=O) groups is 1. The molecular formula is C11H24N2O2S. The lowest BCUT2D eigenvalue weighted by Crippen LogP contribution is -2.28. The van der Waals surface area contributed by atoms with Gasteiger partial charge in [0.2, 0.25) is 5.91 Å². The van der Waals surface area contributed by atoms with Crippen LogP contribution in [0.1, 0.15) is 33.1 Å². The molecule has 96 valence electrons. The molecule has 16 heavy (non-hydrogen) atoms. The van der Waals surface area contributed by atoms with Gasteiger partial charge in [-0.15, -0.1) is 0 Å². The van der Waals surface area contributed by atoms with Gasteiger partial charge in [0.15, 0.2) is 0 Å². The average Bonchev–Trinajstić information content (AvgIpc) is 2.19. The van der Waals surface area contributed by atoms with Crippen molar-refractivity contribution in [2.75, 3.05) is 25.1 Å². The molecule has 2 N–H and O–H groups in total. The molecule has 0 fully saturated rings. The highest BCUT2D eigenvalue weighted by atomic mass is 32.2. The van der Waals surface area contributed by atoms with E-state index in [2.05, 4.69) is 24.5 Å². The van der Waals surface area contributed by atoms with Crippen molar-refractivity contribution in [1.82, 2.24) is 10.6 Å². The molecule has 0 bridgehead atoms. The quantitative estimate of drug-likeness (QED) is 0.589. The first-order valence-electron chi connectivity index (χ1n) is 5.82. The van der Waals surface area contributed by atoms with Gasteiger partial charge < -0.3 is 10.6 Å². The van der Waals surface area contributed by atoms with Crippen molar-refractivity contribution in [2.24, 2.45) is 0 Å². The Kier molecular flexibility index (Phi) is 9.52. The monoisotopic (exact) mass is 248 g/mol. The highest BCUT2D eigenvalue weighted by Gasteiger charge is 2.00. The van der Waals surface area contributed by atoms with E-state index in [0.717, 1.165) is 19.4 Å². The third-order valence-electron chi connectivity index (χ3n) is 2.06. The van der Waals surface area contributed by atoms with Crippen LogP contribution < -0.4 is 10.6 Å². The van der Waals surface area contributed by atoms with Crippen LogP contribution in [0.15, 0.2) is 0 Å². The van der Waals surface area contributed by atoms with Crippen LogP contribution in [0.2, 0.25) is 0 Å². The zero-order chi connectivity index (χ0) is 12.4. The second kappa shape index (κ2) is 9.78. The molecule has 0 aliphatic carbocycles. The molecule has 0 aromatic heterocycles. The topological polar surface area (TPSA) is 58.2 Å². The number of rotatable bonds is 9. The van der Waals surface area contributed by atoms with Crippen molar-refractivity contribution in [2.45, 2.75) is 39.2 Å². The summed E-state index contributed by atoms with van der Waals surface area (Å²) in [4.78, 5) is 11.3. The molecule has 0 rings (SSSR count). The molecule has 1 unspecified atom stereocenters. The summed E-state index contributed by atoms with van der Waals surface area (Å²) in [7, 11) is -0.754. The third-order valence-corrected chi connectivity index (χ3v) is 2.93. The first-order chi connectivity index (χ1) is 7.52. The third kappa shape index (κ3) is 11.7. The van der Waals surface area contributed by atoms with Gasteiger partial charge in [-0.1, -0.05) is 13.8 Å². The first kappa shape index (κ1) is 15.6. The number of nitrogens with one attached hydrogen (secondary N) is 2. The van der Waals surface area contributed by atoms with Gasteiger partial charge in [0, 0.05) is 41.8 Å². The molecule has 0 heterocycles. The molecule has 1 atom stereocenters. The smallest absolute Gasteiger partial charge is 0.220 e. The summed E-state index contributed by atoms with van der Waals surface area (Å²) >= 11 is 0. The molecule has 4 nitrogen and oxygen atoms in total. The molecular weight excluding hydrogens is 224 g/mol. The van der Waals surface area contributed by atoms with Crippen molar-refractivity contribution in [3.63, 3.8) is 0 Å². The Hall–Kier alpha value is -0.420. The average molecular weight is 248 g/mol. The Balaban J connectivity index is 3.28. The van der Waals surface area contributed by atoms with Crippen LogP contribution in [0.5, 0.6) is 0 Å². The highest BCUT2D eigenvalue weighted by molar-refractivity contribution is 7.84. The summed E-state index contributed by atoms with van der Waals surface area (Å²) in [6.45, 7) is 5.69. The first-order valence-corrected chi connectivity index (χ1v) is 7.55. The number of amides is 1. The fourth-order valence-electron chi connectivity index (χ4n) is 1.23. The van der Waals surface area contributed by atoms with E-state index >= 15 is 0 Å². The van der Waals surface area contributed by atoms with Gasteiger partial charge in [-0.2, -0.15) is 0 Å². The fourth-order valence-corrected chi connectivity index (χ4v) is 1.78. The zero-order valence-electron chi connectivity index (χ0n) is 10.5. The van der Waals surface area contributed by atoms with Gasteiger partial charge in [0.25, 0.3) is 0 Å². The summed E-state index contributed by atoms with van der Waals surface area (Å²) in [5, 5.41) is 6.09. The van der Waals surface area contributed by atoms with E-state index in [1.165, 1.54) is 0 Å². The maximum Gasteiger partial charge on any atom is 0.220 e. The molecule has 0 aromatic rings. The van der Waals surface area contributed by atoms with E-state index in [0.29, 0.717) is 24.8 Å². The van der Waals surface area contributed by atoms with Crippen LogP contribution in [-0.2, 0) is 15.6 Å². The summed E-state index contributed by atoms with van der Waals surface area (Å²) in [6.07, 6.45) is 3.90. The fraction of sp³-hybridized carbons (Fsp3) is 0.909. The minimum Gasteiger partial charge on any atom is -0.356 e. The number of carbonyl (C=O) groups excluding carboxylic acids is 1. The van der Waals surface area contributed by atoms with Crippen molar-refractivity contribution in [3.05, 3.63) is 0 Å². The molecule has 0 aromatic carbocycles. The van der Waals surface area contributed by atoms with E-state index in [1.54, 1.807) is 6.26 Å². The summed E-state index contributed by atoms with van der Waals surface area (Å²) in [5.74, 6) is 0.752. The zero-order valence-corrected chi connectivity index (χ0v) is 11.4. The van der Waals surface area contributed by atoms with Gasteiger partial charge in [0.1, 0.15) is 0 Å². The Morgan fingerprint density at radius 2 is 1.94 bits per heavy atom. The number of hydrogen-bond acceptors (Lipinski definition) is 3. The maximum absolute atomic E-state index is 11.3. The maximum atomic E-state index is 11.3. The summed E-state index contributed by atoms with van der Waals surface area (Å²) in [5.41, 5.74) is 0.